The predicted octanol–water partition coefficient (Wildman–Crippen LogP) is 0.199. The van der Waals surface area contributed by atoms with Gasteiger partial charge in [0.15, 0.2) is 6.10 Å². The van der Waals surface area contributed by atoms with Gasteiger partial charge in [0, 0.05) is 12.1 Å². The third-order valence-corrected chi connectivity index (χ3v) is 4.30. The summed E-state index contributed by atoms with van der Waals surface area (Å²) in [6.07, 6.45) is -6.43. The summed E-state index contributed by atoms with van der Waals surface area (Å²) in [5, 5.41) is 40.0. The summed E-state index contributed by atoms with van der Waals surface area (Å²) in [6.45, 7) is 2.00. The number of halogens is 1. The van der Waals surface area contributed by atoms with Crippen molar-refractivity contribution < 1.29 is 43.9 Å². The lowest BCUT2D eigenvalue weighted by Gasteiger charge is -2.26. The van der Waals surface area contributed by atoms with Crippen molar-refractivity contribution in [3.8, 4) is 5.75 Å². The molecule has 1 aromatic carbocycles. The molecule has 176 valence electrons. The number of ether oxygens (including phenoxy) is 2. The number of benzene rings is 1. The Balaban J connectivity index is 2.83. The number of aliphatic hydroxyl groups excluding tert-OH is 2. The lowest BCUT2D eigenvalue weighted by Crippen LogP contribution is -2.44. The quantitative estimate of drug-likeness (QED) is 0.163. The molecule has 10 nitrogen and oxygen atoms in total. The third kappa shape index (κ3) is 9.15. The molecule has 0 fully saturated rings. The van der Waals surface area contributed by atoms with Crippen LogP contribution in [0.1, 0.15) is 44.3 Å². The molecule has 4 unspecified atom stereocenters. The number of alkyl halides is 1. The summed E-state index contributed by atoms with van der Waals surface area (Å²) in [5.74, 6) is -2.71. The van der Waals surface area contributed by atoms with Crippen LogP contribution < -0.4 is 15.8 Å². The molecule has 0 radical (unpaired) electrons. The predicted molar refractivity (Wildman–Crippen MR) is 108 cm³/mol. The van der Waals surface area contributed by atoms with E-state index in [4.69, 9.17) is 20.3 Å². The highest BCUT2D eigenvalue weighted by Gasteiger charge is 2.33. The van der Waals surface area contributed by atoms with Crippen LogP contribution in [0.5, 0.6) is 5.75 Å². The van der Waals surface area contributed by atoms with Crippen LogP contribution in [-0.4, -0.2) is 70.2 Å². The van der Waals surface area contributed by atoms with Gasteiger partial charge in [0.1, 0.15) is 5.75 Å². The molecule has 11 heteroatoms. The number of hydrogen-bond donors (Lipinski definition) is 6. The van der Waals surface area contributed by atoms with Gasteiger partial charge in [-0.2, -0.15) is 0 Å². The highest BCUT2D eigenvalue weighted by Crippen LogP contribution is 2.29. The normalized spacial score (nSPS) is 15.2. The fourth-order valence-corrected chi connectivity index (χ4v) is 2.67. The van der Waals surface area contributed by atoms with Gasteiger partial charge >= 0.3 is 5.97 Å². The number of unbranched alkanes of at least 4 members (excludes halogenated alkanes) is 3. The van der Waals surface area contributed by atoms with E-state index in [2.05, 4.69) is 5.32 Å². The van der Waals surface area contributed by atoms with Gasteiger partial charge in [0.2, 0.25) is 12.5 Å². The Labute approximate surface area is 179 Å². The molecular formula is C20H31FN2O8. The Bertz CT molecular complexity index is 689. The van der Waals surface area contributed by atoms with E-state index in [1.165, 1.54) is 24.3 Å². The second-order valence-electron chi connectivity index (χ2n) is 6.93. The highest BCUT2D eigenvalue weighted by atomic mass is 19.1. The first-order valence-corrected chi connectivity index (χ1v) is 9.99. The van der Waals surface area contributed by atoms with Crippen LogP contribution in [0.3, 0.4) is 0 Å². The zero-order chi connectivity index (χ0) is 23.4. The number of carboxylic acids is 1. The van der Waals surface area contributed by atoms with Gasteiger partial charge in [-0.1, -0.05) is 31.0 Å². The number of para-hydroxylation sites is 1. The number of rotatable bonds is 15. The van der Waals surface area contributed by atoms with Crippen molar-refractivity contribution in [3.63, 3.8) is 0 Å². The standard InChI is InChI=1S/C20H31FN2O8/c1-12(24)16(18(26)27)31-20(19(28)29)30-14-9-5-4-8-13(14)15(21)17(25)23-11-7-3-2-6-10-22/h4-5,8-9,12,15-16,19-20,24,28-29H,2-3,6-7,10-11,22H2,1H3,(H,23,25)(H,26,27). The molecule has 0 saturated carbocycles. The van der Waals surface area contributed by atoms with Crippen LogP contribution in [0, 0.1) is 0 Å². The zero-order valence-corrected chi connectivity index (χ0v) is 17.3. The van der Waals surface area contributed by atoms with Crippen LogP contribution in [0.15, 0.2) is 24.3 Å². The Morgan fingerprint density at radius 3 is 2.35 bits per heavy atom. The molecule has 31 heavy (non-hydrogen) atoms. The minimum Gasteiger partial charge on any atom is -0.479 e. The van der Waals surface area contributed by atoms with Gasteiger partial charge in [-0.15, -0.1) is 0 Å². The number of carboxylic acid groups (broad SMARTS) is 1. The topological polar surface area (TPSA) is 172 Å². The second kappa shape index (κ2) is 13.9. The van der Waals surface area contributed by atoms with Crippen molar-refractivity contribution in [3.05, 3.63) is 29.8 Å². The minimum absolute atomic E-state index is 0.207. The van der Waals surface area contributed by atoms with E-state index in [1.54, 1.807) is 0 Å². The number of carbonyl (C=O) groups excluding carboxylic acids is 1. The molecule has 0 spiro atoms. The van der Waals surface area contributed by atoms with Crippen molar-refractivity contribution >= 4 is 11.9 Å². The Morgan fingerprint density at radius 2 is 1.77 bits per heavy atom. The van der Waals surface area contributed by atoms with Crippen LogP contribution in [0.2, 0.25) is 0 Å². The molecule has 7 N–H and O–H groups in total. The fourth-order valence-electron chi connectivity index (χ4n) is 2.67. The largest absolute Gasteiger partial charge is 0.479 e. The molecule has 0 aliphatic heterocycles. The summed E-state index contributed by atoms with van der Waals surface area (Å²) in [5.41, 5.74) is 5.20. The van der Waals surface area contributed by atoms with Gasteiger partial charge < -0.3 is 41.0 Å². The van der Waals surface area contributed by atoms with Crippen molar-refractivity contribution in [2.24, 2.45) is 5.73 Å². The first-order valence-electron chi connectivity index (χ1n) is 9.99. The molecule has 1 aromatic rings. The molecular weight excluding hydrogens is 415 g/mol. The Kier molecular flexibility index (Phi) is 12.0. The maximum atomic E-state index is 14.8. The summed E-state index contributed by atoms with van der Waals surface area (Å²) < 4.78 is 25.0. The Hall–Kier alpha value is -2.31. The Morgan fingerprint density at radius 1 is 1.13 bits per heavy atom. The summed E-state index contributed by atoms with van der Waals surface area (Å²) in [6, 6.07) is 5.44. The third-order valence-electron chi connectivity index (χ3n) is 4.30. The van der Waals surface area contributed by atoms with E-state index in [0.29, 0.717) is 13.0 Å². The van der Waals surface area contributed by atoms with E-state index in [1.807, 2.05) is 0 Å². The van der Waals surface area contributed by atoms with Crippen LogP contribution in [0.4, 0.5) is 4.39 Å². The average Bonchev–Trinajstić information content (AvgIpc) is 2.72. The van der Waals surface area contributed by atoms with E-state index in [-0.39, 0.29) is 17.9 Å². The van der Waals surface area contributed by atoms with E-state index in [0.717, 1.165) is 26.2 Å². The molecule has 1 rings (SSSR count). The van der Waals surface area contributed by atoms with E-state index in [9.17, 15) is 29.3 Å². The molecule has 0 aliphatic rings. The molecule has 0 saturated heterocycles. The number of nitrogens with one attached hydrogen (secondary N) is 1. The lowest BCUT2D eigenvalue weighted by atomic mass is 10.1. The van der Waals surface area contributed by atoms with Crippen molar-refractivity contribution in [1.82, 2.24) is 5.32 Å². The first kappa shape index (κ1) is 26.7. The highest BCUT2D eigenvalue weighted by molar-refractivity contribution is 5.82. The number of nitrogens with two attached hydrogens (primary N) is 1. The molecule has 0 aromatic heterocycles. The first-order chi connectivity index (χ1) is 14.7. The molecule has 0 bridgehead atoms. The zero-order valence-electron chi connectivity index (χ0n) is 17.3. The summed E-state index contributed by atoms with van der Waals surface area (Å²) in [7, 11) is 0. The van der Waals surface area contributed by atoms with Gasteiger partial charge in [-0.05, 0) is 32.4 Å². The van der Waals surface area contributed by atoms with Gasteiger partial charge in [-0.25, -0.2) is 9.18 Å². The smallest absolute Gasteiger partial charge is 0.335 e. The van der Waals surface area contributed by atoms with Gasteiger partial charge in [0.05, 0.1) is 6.10 Å². The lowest BCUT2D eigenvalue weighted by molar-refractivity contribution is -0.247. The maximum Gasteiger partial charge on any atom is 0.335 e. The van der Waals surface area contributed by atoms with Gasteiger partial charge in [-0.3, -0.25) is 4.79 Å². The number of aliphatic hydroxyl groups is 3. The maximum absolute atomic E-state index is 14.8. The fraction of sp³-hybridized carbons (Fsp3) is 0.600. The molecule has 4 atom stereocenters. The summed E-state index contributed by atoms with van der Waals surface area (Å²) >= 11 is 0. The number of carbonyl (C=O) groups is 2. The molecule has 0 aliphatic carbocycles. The SMILES string of the molecule is CC(O)C(OC(Oc1ccccc1C(F)C(=O)NCCCCCCN)C(O)O)C(=O)O. The van der Waals surface area contributed by atoms with Crippen LogP contribution >= 0.6 is 0 Å². The number of aliphatic carboxylic acids is 1. The van der Waals surface area contributed by atoms with Crippen molar-refractivity contribution in [1.29, 1.82) is 0 Å². The molecule has 1 amide bonds. The average molecular weight is 446 g/mol. The van der Waals surface area contributed by atoms with Crippen molar-refractivity contribution in [2.45, 2.75) is 63.6 Å². The minimum atomic E-state index is -2.31. The second-order valence-corrected chi connectivity index (χ2v) is 6.93. The summed E-state index contributed by atoms with van der Waals surface area (Å²) in [4.78, 5) is 23.3. The molecule has 0 heterocycles. The van der Waals surface area contributed by atoms with E-state index >= 15 is 0 Å². The van der Waals surface area contributed by atoms with Crippen LogP contribution in [-0.2, 0) is 14.3 Å². The van der Waals surface area contributed by atoms with Crippen LogP contribution in [0.25, 0.3) is 0 Å². The number of amides is 1. The number of hydrogen-bond acceptors (Lipinski definition) is 8. The van der Waals surface area contributed by atoms with Crippen molar-refractivity contribution in [2.75, 3.05) is 13.1 Å². The monoisotopic (exact) mass is 446 g/mol. The van der Waals surface area contributed by atoms with E-state index < -0.39 is 42.8 Å². The van der Waals surface area contributed by atoms with Gasteiger partial charge in [0.25, 0.3) is 12.2 Å².